The first-order valence-electron chi connectivity index (χ1n) is 11.3. The van der Waals surface area contributed by atoms with E-state index in [2.05, 4.69) is 0 Å². The molecule has 0 unspecified atom stereocenters. The Morgan fingerprint density at radius 3 is 1.70 bits per heavy atom. The summed E-state index contributed by atoms with van der Waals surface area (Å²) in [6, 6.07) is 11.9. The molecule has 2 rings (SSSR count). The minimum absolute atomic E-state index is 0.0707. The van der Waals surface area contributed by atoms with Crippen LogP contribution in [0.25, 0.3) is 0 Å². The lowest BCUT2D eigenvalue weighted by Gasteiger charge is -2.28. The monoisotopic (exact) mass is 460 g/mol. The molecule has 2 atom stereocenters. The van der Waals surface area contributed by atoms with Crippen LogP contribution in [0.2, 0.25) is 0 Å². The fourth-order valence-corrected chi connectivity index (χ4v) is 3.84. The number of carbonyl (C=O) groups excluding carboxylic acids is 2. The van der Waals surface area contributed by atoms with Crippen molar-refractivity contribution in [2.24, 2.45) is 11.8 Å². The lowest BCUT2D eigenvalue weighted by Crippen LogP contribution is -2.31. The molecule has 0 amide bonds. The van der Waals surface area contributed by atoms with E-state index in [1.807, 2.05) is 13.8 Å². The normalized spacial score (nSPS) is 13.6. The van der Waals surface area contributed by atoms with Gasteiger partial charge in [-0.3, -0.25) is 9.59 Å². The average molecular weight is 461 g/mol. The molecule has 0 aromatic heterocycles. The highest BCUT2D eigenvalue weighted by Crippen LogP contribution is 2.31. The Morgan fingerprint density at radius 2 is 1.30 bits per heavy atom. The van der Waals surface area contributed by atoms with Crippen LogP contribution in [0.5, 0.6) is 0 Å². The van der Waals surface area contributed by atoms with Crippen molar-refractivity contribution in [3.63, 3.8) is 0 Å². The summed E-state index contributed by atoms with van der Waals surface area (Å²) in [5.74, 6) is -2.61. The highest BCUT2D eigenvalue weighted by Gasteiger charge is 2.31. The van der Waals surface area contributed by atoms with Crippen molar-refractivity contribution in [3.8, 4) is 0 Å². The first kappa shape index (κ1) is 26.5. The zero-order valence-electron chi connectivity index (χ0n) is 20.2. The van der Waals surface area contributed by atoms with Gasteiger partial charge in [0.1, 0.15) is 23.3 Å². The minimum atomic E-state index is -0.649. The molecule has 4 nitrogen and oxygen atoms in total. The Morgan fingerprint density at radius 1 is 0.848 bits per heavy atom. The van der Waals surface area contributed by atoms with Crippen molar-refractivity contribution in [3.05, 3.63) is 71.3 Å². The van der Waals surface area contributed by atoms with Crippen molar-refractivity contribution in [2.45, 2.75) is 72.0 Å². The van der Waals surface area contributed by atoms with Gasteiger partial charge < -0.3 is 9.47 Å². The molecule has 0 saturated carbocycles. The molecule has 0 spiro atoms. The first-order valence-corrected chi connectivity index (χ1v) is 11.3. The van der Waals surface area contributed by atoms with Gasteiger partial charge in [-0.05, 0) is 75.4 Å². The minimum Gasteiger partial charge on any atom is -0.461 e. The second kappa shape index (κ2) is 11.4. The van der Waals surface area contributed by atoms with Crippen LogP contribution in [0.1, 0.15) is 71.4 Å². The Labute approximate surface area is 195 Å². The first-order chi connectivity index (χ1) is 15.4. The van der Waals surface area contributed by atoms with Gasteiger partial charge in [-0.25, -0.2) is 8.78 Å². The third-order valence-electron chi connectivity index (χ3n) is 5.15. The molecule has 0 aliphatic heterocycles. The third-order valence-corrected chi connectivity index (χ3v) is 5.15. The van der Waals surface area contributed by atoms with E-state index >= 15 is 0 Å². The van der Waals surface area contributed by atoms with Gasteiger partial charge in [0.25, 0.3) is 0 Å². The summed E-state index contributed by atoms with van der Waals surface area (Å²) in [5, 5.41) is 0. The largest absolute Gasteiger partial charge is 0.461 e. The van der Waals surface area contributed by atoms with Crippen LogP contribution in [-0.2, 0) is 19.1 Å². The summed E-state index contributed by atoms with van der Waals surface area (Å²) in [5.41, 5.74) is 0.819. The molecule has 0 aliphatic rings. The number of ether oxygens (including phenoxy) is 2. The number of hydrogen-bond acceptors (Lipinski definition) is 4. The SMILES string of the molecule is CC(C)C[C@H](CC(=O)OC(C)(C)C)C(=O)O[C@@H](C)C(c1ccc(F)cc1)c1ccc(F)cc1. The van der Waals surface area contributed by atoms with Gasteiger partial charge >= 0.3 is 11.9 Å². The van der Waals surface area contributed by atoms with E-state index < -0.39 is 35.5 Å². The van der Waals surface area contributed by atoms with E-state index in [4.69, 9.17) is 9.47 Å². The molecule has 0 bridgehead atoms. The van der Waals surface area contributed by atoms with Gasteiger partial charge in [-0.2, -0.15) is 0 Å². The van der Waals surface area contributed by atoms with Crippen molar-refractivity contribution in [1.82, 2.24) is 0 Å². The Bertz CT molecular complexity index is 869. The predicted molar refractivity (Wildman–Crippen MR) is 124 cm³/mol. The smallest absolute Gasteiger partial charge is 0.309 e. The fraction of sp³-hybridized carbons (Fsp3) is 0.481. The molecule has 0 saturated heterocycles. The standard InChI is InChI=1S/C27H34F2O4/c1-17(2)15-21(16-24(30)33-27(4,5)6)26(31)32-18(3)25(19-7-11-22(28)12-8-19)20-9-13-23(29)14-10-20/h7-14,17-18,21,25H,15-16H2,1-6H3/t18-,21+/m0/s1. The maximum Gasteiger partial charge on any atom is 0.309 e. The van der Waals surface area contributed by atoms with E-state index in [1.165, 1.54) is 24.3 Å². The van der Waals surface area contributed by atoms with Crippen molar-refractivity contribution in [2.75, 3.05) is 0 Å². The quantitative estimate of drug-likeness (QED) is 0.405. The van der Waals surface area contributed by atoms with E-state index in [1.54, 1.807) is 52.0 Å². The molecule has 33 heavy (non-hydrogen) atoms. The van der Waals surface area contributed by atoms with Crippen LogP contribution in [0, 0.1) is 23.5 Å². The molecule has 0 fully saturated rings. The third kappa shape index (κ3) is 8.60. The molecule has 2 aromatic carbocycles. The van der Waals surface area contributed by atoms with Gasteiger partial charge in [-0.1, -0.05) is 38.1 Å². The van der Waals surface area contributed by atoms with Gasteiger partial charge in [0.15, 0.2) is 0 Å². The van der Waals surface area contributed by atoms with Crippen LogP contribution in [0.4, 0.5) is 8.78 Å². The summed E-state index contributed by atoms with van der Waals surface area (Å²) in [4.78, 5) is 25.5. The van der Waals surface area contributed by atoms with Crippen molar-refractivity contribution in [1.29, 1.82) is 0 Å². The summed E-state index contributed by atoms with van der Waals surface area (Å²) < 4.78 is 38.2. The maximum absolute atomic E-state index is 13.5. The topological polar surface area (TPSA) is 52.6 Å². The highest BCUT2D eigenvalue weighted by molar-refractivity contribution is 5.80. The maximum atomic E-state index is 13.5. The van der Waals surface area contributed by atoms with Crippen LogP contribution in [-0.4, -0.2) is 23.6 Å². The Kier molecular flexibility index (Phi) is 9.15. The molecular weight excluding hydrogens is 426 g/mol. The molecule has 180 valence electrons. The fourth-order valence-electron chi connectivity index (χ4n) is 3.84. The van der Waals surface area contributed by atoms with Gasteiger partial charge in [0.2, 0.25) is 0 Å². The summed E-state index contributed by atoms with van der Waals surface area (Å²) >= 11 is 0. The van der Waals surface area contributed by atoms with Gasteiger partial charge in [-0.15, -0.1) is 0 Å². The van der Waals surface area contributed by atoms with E-state index in [0.29, 0.717) is 6.42 Å². The van der Waals surface area contributed by atoms with Crippen LogP contribution >= 0.6 is 0 Å². The summed E-state index contributed by atoms with van der Waals surface area (Å²) in [6.07, 6.45) is -0.233. The van der Waals surface area contributed by atoms with Crippen molar-refractivity contribution >= 4 is 11.9 Å². The predicted octanol–water partition coefficient (Wildman–Crippen LogP) is 6.42. The zero-order chi connectivity index (χ0) is 24.8. The molecular formula is C27H34F2O4. The summed E-state index contributed by atoms with van der Waals surface area (Å²) in [7, 11) is 0. The molecule has 0 radical (unpaired) electrons. The lowest BCUT2D eigenvalue weighted by molar-refractivity contribution is -0.164. The van der Waals surface area contributed by atoms with Crippen molar-refractivity contribution < 1.29 is 27.8 Å². The van der Waals surface area contributed by atoms with E-state index in [9.17, 15) is 18.4 Å². The molecule has 0 heterocycles. The highest BCUT2D eigenvalue weighted by atomic mass is 19.1. The Balaban J connectivity index is 2.26. The lowest BCUT2D eigenvalue weighted by atomic mass is 9.87. The van der Waals surface area contributed by atoms with E-state index in [0.717, 1.165) is 11.1 Å². The van der Waals surface area contributed by atoms with Gasteiger partial charge in [0.05, 0.1) is 12.3 Å². The van der Waals surface area contributed by atoms with Crippen LogP contribution in [0.15, 0.2) is 48.5 Å². The number of esters is 2. The second-order valence-electron chi connectivity index (χ2n) is 9.84. The molecule has 2 aromatic rings. The molecule has 0 N–H and O–H groups in total. The van der Waals surface area contributed by atoms with Gasteiger partial charge in [0, 0.05) is 5.92 Å². The second-order valence-corrected chi connectivity index (χ2v) is 9.84. The molecule has 0 aliphatic carbocycles. The average Bonchev–Trinajstić information content (AvgIpc) is 2.68. The number of benzene rings is 2. The zero-order valence-corrected chi connectivity index (χ0v) is 20.2. The van der Waals surface area contributed by atoms with Crippen LogP contribution in [0.3, 0.4) is 0 Å². The van der Waals surface area contributed by atoms with Crippen LogP contribution < -0.4 is 0 Å². The number of halogens is 2. The number of carbonyl (C=O) groups is 2. The number of rotatable bonds is 9. The Hall–Kier alpha value is -2.76. The molecule has 6 heteroatoms. The summed E-state index contributed by atoms with van der Waals surface area (Å²) in [6.45, 7) is 11.0. The van der Waals surface area contributed by atoms with E-state index in [-0.39, 0.29) is 24.0 Å². The number of hydrogen-bond donors (Lipinski definition) is 0.